The molecule has 0 aliphatic rings. The second-order valence-corrected chi connectivity index (χ2v) is 2.32. The van der Waals surface area contributed by atoms with Gasteiger partial charge in [-0.25, -0.2) is 9.97 Å². The third-order valence-electron chi connectivity index (χ3n) is 1.60. The van der Waals surface area contributed by atoms with E-state index in [0.29, 0.717) is 5.52 Å². The molecular weight excluding hydrogens is 145 g/mol. The van der Waals surface area contributed by atoms with Crippen LogP contribution in [0, 0.1) is 5.95 Å². The van der Waals surface area contributed by atoms with E-state index in [1.54, 1.807) is 17.0 Å². The number of hydrogen-bond acceptors (Lipinski definition) is 2. The van der Waals surface area contributed by atoms with Gasteiger partial charge in [-0.3, -0.25) is 0 Å². The fourth-order valence-corrected chi connectivity index (χ4v) is 1.03. The highest BCUT2D eigenvalue weighted by Crippen LogP contribution is 2.11. The van der Waals surface area contributed by atoms with Crippen molar-refractivity contribution in [3.05, 3.63) is 24.5 Å². The number of pyridine rings is 1. The molecule has 2 heterocycles. The van der Waals surface area contributed by atoms with Crippen molar-refractivity contribution in [2.24, 2.45) is 7.05 Å². The van der Waals surface area contributed by atoms with Gasteiger partial charge in [0.15, 0.2) is 0 Å². The third kappa shape index (κ3) is 0.790. The predicted molar refractivity (Wildman–Crippen MR) is 38.5 cm³/mol. The quantitative estimate of drug-likeness (QED) is 0.528. The minimum Gasteiger partial charge on any atom is -0.334 e. The molecule has 2 aromatic rings. The van der Waals surface area contributed by atoms with Gasteiger partial charge in [-0.2, -0.15) is 4.39 Å². The first-order valence-corrected chi connectivity index (χ1v) is 3.20. The standard InChI is InChI=1S/C7H6FN3/c1-11-4-10-6-5(11)2-3-9-7(6)8/h2-4H,1H3. The van der Waals surface area contributed by atoms with Gasteiger partial charge in [-0.05, 0) is 6.07 Å². The normalized spacial score (nSPS) is 10.7. The Hall–Kier alpha value is -1.45. The highest BCUT2D eigenvalue weighted by molar-refractivity contribution is 5.74. The minimum atomic E-state index is -0.511. The van der Waals surface area contributed by atoms with Crippen LogP contribution in [0.5, 0.6) is 0 Å². The number of halogens is 1. The summed E-state index contributed by atoms with van der Waals surface area (Å²) in [5.74, 6) is -0.511. The van der Waals surface area contributed by atoms with E-state index in [1.807, 2.05) is 7.05 Å². The fourth-order valence-electron chi connectivity index (χ4n) is 1.03. The molecule has 0 N–H and O–H groups in total. The Kier molecular flexibility index (Phi) is 1.15. The van der Waals surface area contributed by atoms with Crippen LogP contribution in [-0.2, 0) is 7.05 Å². The van der Waals surface area contributed by atoms with Crippen molar-refractivity contribution >= 4 is 11.0 Å². The van der Waals surface area contributed by atoms with E-state index in [0.717, 1.165) is 5.52 Å². The van der Waals surface area contributed by atoms with Gasteiger partial charge in [0.05, 0.1) is 11.8 Å². The van der Waals surface area contributed by atoms with Crippen molar-refractivity contribution in [2.45, 2.75) is 0 Å². The maximum atomic E-state index is 12.8. The highest BCUT2D eigenvalue weighted by Gasteiger charge is 2.04. The van der Waals surface area contributed by atoms with Crippen LogP contribution in [0.2, 0.25) is 0 Å². The molecule has 3 nitrogen and oxygen atoms in total. The van der Waals surface area contributed by atoms with Crippen molar-refractivity contribution in [1.29, 1.82) is 0 Å². The van der Waals surface area contributed by atoms with Gasteiger partial charge in [0.1, 0.15) is 5.52 Å². The summed E-state index contributed by atoms with van der Waals surface area (Å²) in [5, 5.41) is 0. The van der Waals surface area contributed by atoms with Gasteiger partial charge in [0.25, 0.3) is 0 Å². The van der Waals surface area contributed by atoms with E-state index in [1.165, 1.54) is 6.20 Å². The molecule has 11 heavy (non-hydrogen) atoms. The zero-order valence-corrected chi connectivity index (χ0v) is 5.95. The highest BCUT2D eigenvalue weighted by atomic mass is 19.1. The van der Waals surface area contributed by atoms with Gasteiger partial charge in [-0.15, -0.1) is 0 Å². The van der Waals surface area contributed by atoms with Crippen LogP contribution < -0.4 is 0 Å². The molecule has 2 rings (SSSR count). The molecule has 56 valence electrons. The lowest BCUT2D eigenvalue weighted by atomic mass is 10.4. The molecule has 0 aromatic carbocycles. The Bertz CT molecular complexity index is 393. The molecule has 0 aliphatic carbocycles. The second-order valence-electron chi connectivity index (χ2n) is 2.32. The summed E-state index contributed by atoms with van der Waals surface area (Å²) in [6.45, 7) is 0. The zero-order valence-electron chi connectivity index (χ0n) is 5.95. The average Bonchev–Trinajstić information content (AvgIpc) is 2.35. The Balaban J connectivity index is 2.94. The van der Waals surface area contributed by atoms with Gasteiger partial charge in [0.2, 0.25) is 5.95 Å². The second kappa shape index (κ2) is 2.02. The number of imidazole rings is 1. The first-order chi connectivity index (χ1) is 5.29. The van der Waals surface area contributed by atoms with Crippen LogP contribution in [-0.4, -0.2) is 14.5 Å². The van der Waals surface area contributed by atoms with Gasteiger partial charge in [0, 0.05) is 13.2 Å². The zero-order chi connectivity index (χ0) is 7.84. The molecule has 0 radical (unpaired) electrons. The molecule has 0 saturated heterocycles. The summed E-state index contributed by atoms with van der Waals surface area (Å²) >= 11 is 0. The van der Waals surface area contributed by atoms with E-state index in [9.17, 15) is 4.39 Å². The van der Waals surface area contributed by atoms with Crippen LogP contribution in [0.3, 0.4) is 0 Å². The van der Waals surface area contributed by atoms with E-state index in [-0.39, 0.29) is 0 Å². The summed E-state index contributed by atoms with van der Waals surface area (Å²) in [6.07, 6.45) is 2.99. The molecule has 0 amide bonds. The third-order valence-corrected chi connectivity index (χ3v) is 1.60. The van der Waals surface area contributed by atoms with Gasteiger partial charge < -0.3 is 4.57 Å². The van der Waals surface area contributed by atoms with E-state index >= 15 is 0 Å². The molecule has 2 aromatic heterocycles. The molecule has 0 unspecified atom stereocenters. The van der Waals surface area contributed by atoms with Gasteiger partial charge >= 0.3 is 0 Å². The molecule has 0 atom stereocenters. The number of fused-ring (bicyclic) bond motifs is 1. The van der Waals surface area contributed by atoms with Crippen LogP contribution in [0.1, 0.15) is 0 Å². The summed E-state index contributed by atoms with van der Waals surface area (Å²) < 4.78 is 14.6. The van der Waals surface area contributed by atoms with Gasteiger partial charge in [-0.1, -0.05) is 0 Å². The van der Waals surface area contributed by atoms with Crippen LogP contribution in [0.15, 0.2) is 18.6 Å². The van der Waals surface area contributed by atoms with E-state index in [4.69, 9.17) is 0 Å². The Morgan fingerprint density at radius 3 is 3.00 bits per heavy atom. The molecule has 0 spiro atoms. The number of hydrogen-bond donors (Lipinski definition) is 0. The monoisotopic (exact) mass is 151 g/mol. The lowest BCUT2D eigenvalue weighted by Crippen LogP contribution is -1.86. The van der Waals surface area contributed by atoms with Crippen molar-refractivity contribution in [2.75, 3.05) is 0 Å². The van der Waals surface area contributed by atoms with Crippen LogP contribution in [0.4, 0.5) is 4.39 Å². The number of rotatable bonds is 0. The van der Waals surface area contributed by atoms with E-state index < -0.39 is 5.95 Å². The summed E-state index contributed by atoms with van der Waals surface area (Å²) in [5.41, 5.74) is 1.09. The minimum absolute atomic E-state index is 0.329. The lowest BCUT2D eigenvalue weighted by Gasteiger charge is -1.91. The van der Waals surface area contributed by atoms with Crippen molar-refractivity contribution < 1.29 is 4.39 Å². The molecule has 4 heteroatoms. The first-order valence-electron chi connectivity index (χ1n) is 3.20. The molecule has 0 fully saturated rings. The largest absolute Gasteiger partial charge is 0.334 e. The predicted octanol–water partition coefficient (Wildman–Crippen LogP) is 1.11. The Morgan fingerprint density at radius 2 is 2.27 bits per heavy atom. The molecule has 0 aliphatic heterocycles. The average molecular weight is 151 g/mol. The summed E-state index contributed by atoms with van der Waals surface area (Å²) in [4.78, 5) is 7.32. The van der Waals surface area contributed by atoms with Crippen molar-refractivity contribution in [1.82, 2.24) is 14.5 Å². The van der Waals surface area contributed by atoms with Crippen molar-refractivity contribution in [3.63, 3.8) is 0 Å². The SMILES string of the molecule is Cn1cnc2c(F)nccc21. The van der Waals surface area contributed by atoms with E-state index in [2.05, 4.69) is 9.97 Å². The Labute approximate surface area is 62.5 Å². The maximum absolute atomic E-state index is 12.8. The number of aromatic nitrogens is 3. The molecular formula is C7H6FN3. The fraction of sp³-hybridized carbons (Fsp3) is 0.143. The smallest absolute Gasteiger partial charge is 0.240 e. The Morgan fingerprint density at radius 1 is 1.45 bits per heavy atom. The topological polar surface area (TPSA) is 30.7 Å². The lowest BCUT2D eigenvalue weighted by molar-refractivity contribution is 0.594. The van der Waals surface area contributed by atoms with Crippen LogP contribution >= 0.6 is 0 Å². The number of aryl methyl sites for hydroxylation is 1. The maximum Gasteiger partial charge on any atom is 0.240 e. The van der Waals surface area contributed by atoms with Crippen molar-refractivity contribution in [3.8, 4) is 0 Å². The first kappa shape index (κ1) is 6.27. The molecule has 0 bridgehead atoms. The number of nitrogens with zero attached hydrogens (tertiary/aromatic N) is 3. The summed E-state index contributed by atoms with van der Waals surface area (Å²) in [6, 6.07) is 1.73. The van der Waals surface area contributed by atoms with Crippen LogP contribution in [0.25, 0.3) is 11.0 Å². The molecule has 0 saturated carbocycles. The summed E-state index contributed by atoms with van der Waals surface area (Å²) in [7, 11) is 1.81.